The van der Waals surface area contributed by atoms with E-state index in [4.69, 9.17) is 9.73 Å². The first-order valence-corrected chi connectivity index (χ1v) is 9.95. The fourth-order valence-electron chi connectivity index (χ4n) is 3.10. The maximum Gasteiger partial charge on any atom is 0.234 e. The minimum absolute atomic E-state index is 0.0147. The minimum Gasteiger partial charge on any atom is -0.497 e. The van der Waals surface area contributed by atoms with E-state index in [1.54, 1.807) is 23.8 Å². The largest absolute Gasteiger partial charge is 0.497 e. The van der Waals surface area contributed by atoms with Crippen molar-refractivity contribution in [1.82, 2.24) is 0 Å². The van der Waals surface area contributed by atoms with Crippen LogP contribution in [0, 0.1) is 0 Å². The lowest BCUT2D eigenvalue weighted by molar-refractivity contribution is -0.117. The summed E-state index contributed by atoms with van der Waals surface area (Å²) in [6.45, 7) is 0. The highest BCUT2D eigenvalue weighted by Crippen LogP contribution is 2.41. The van der Waals surface area contributed by atoms with E-state index in [2.05, 4.69) is 0 Å². The number of carbonyl (C=O) groups excluding carboxylic acids is 1. The Morgan fingerprint density at radius 1 is 0.929 bits per heavy atom. The molecule has 1 aliphatic rings. The number of ether oxygens (including phenoxy) is 1. The molecule has 3 aromatic rings. The number of benzene rings is 3. The number of anilines is 1. The number of hydrogen-bond acceptors (Lipinski definition) is 4. The third-order valence-corrected chi connectivity index (χ3v) is 5.74. The number of hydrogen-bond donors (Lipinski definition) is 0. The summed E-state index contributed by atoms with van der Waals surface area (Å²) >= 11 is 1.61. The number of carbonyl (C=O) groups is 1. The quantitative estimate of drug-likeness (QED) is 0.585. The zero-order chi connectivity index (χ0) is 19.3. The Labute approximate surface area is 168 Å². The Morgan fingerprint density at radius 2 is 1.57 bits per heavy atom. The first kappa shape index (κ1) is 18.3. The van der Waals surface area contributed by atoms with Gasteiger partial charge in [0.1, 0.15) is 5.75 Å². The highest BCUT2D eigenvalue weighted by molar-refractivity contribution is 8.14. The summed E-state index contributed by atoms with van der Waals surface area (Å²) in [5.41, 5.74) is 2.75. The number of para-hydroxylation sites is 2. The molecular formula is C23H20N2O2S. The molecule has 4 nitrogen and oxygen atoms in total. The van der Waals surface area contributed by atoms with E-state index in [0.29, 0.717) is 11.6 Å². The molecule has 4 rings (SSSR count). The summed E-state index contributed by atoms with van der Waals surface area (Å²) in [6, 6.07) is 27.3. The molecule has 1 heterocycles. The standard InChI is InChI=1S/C23H20N2O2S/c1-27-20-14-12-17(13-15-20)21-16-22(26)25(19-10-6-3-7-11-19)23(28-21)24-18-8-4-2-5-9-18/h2-15,21H,16H2,1H3/t21-/m0/s1. The molecule has 1 fully saturated rings. The second-order valence-corrected chi connectivity index (χ2v) is 7.55. The van der Waals surface area contributed by atoms with Crippen molar-refractivity contribution in [2.24, 2.45) is 4.99 Å². The van der Waals surface area contributed by atoms with E-state index in [1.807, 2.05) is 84.9 Å². The number of amidine groups is 1. The Morgan fingerprint density at radius 3 is 2.21 bits per heavy atom. The molecule has 28 heavy (non-hydrogen) atoms. The SMILES string of the molecule is COc1ccc([C@@H]2CC(=O)N(c3ccccc3)C(=Nc3ccccc3)S2)cc1. The Bertz CT molecular complexity index is 973. The van der Waals surface area contributed by atoms with Gasteiger partial charge in [-0.15, -0.1) is 0 Å². The zero-order valence-electron chi connectivity index (χ0n) is 15.5. The van der Waals surface area contributed by atoms with Crippen LogP contribution >= 0.6 is 11.8 Å². The Kier molecular flexibility index (Phi) is 5.44. The number of nitrogens with zero attached hydrogens (tertiary/aromatic N) is 2. The molecule has 0 bridgehead atoms. The van der Waals surface area contributed by atoms with E-state index in [9.17, 15) is 4.79 Å². The van der Waals surface area contributed by atoms with Crippen LogP contribution < -0.4 is 9.64 Å². The number of methoxy groups -OCH3 is 1. The molecule has 0 N–H and O–H groups in total. The highest BCUT2D eigenvalue weighted by atomic mass is 32.2. The summed E-state index contributed by atoms with van der Waals surface area (Å²) < 4.78 is 5.25. The van der Waals surface area contributed by atoms with Crippen molar-refractivity contribution >= 4 is 34.2 Å². The van der Waals surface area contributed by atoms with Crippen molar-refractivity contribution in [3.63, 3.8) is 0 Å². The topological polar surface area (TPSA) is 41.9 Å². The third-order valence-electron chi connectivity index (χ3n) is 4.53. The third kappa shape index (κ3) is 3.94. The molecule has 0 unspecified atom stereocenters. The molecule has 140 valence electrons. The molecule has 1 saturated heterocycles. The minimum atomic E-state index is 0.0147. The van der Waals surface area contributed by atoms with Crippen LogP contribution in [0.5, 0.6) is 5.75 Å². The molecule has 0 saturated carbocycles. The van der Waals surface area contributed by atoms with Gasteiger partial charge in [-0.05, 0) is 42.0 Å². The molecule has 3 aromatic carbocycles. The number of rotatable bonds is 4. The second kappa shape index (κ2) is 8.31. The second-order valence-electron chi connectivity index (χ2n) is 6.38. The molecule has 1 amide bonds. The van der Waals surface area contributed by atoms with Crippen LogP contribution in [0.15, 0.2) is 89.9 Å². The Balaban J connectivity index is 1.71. The summed E-state index contributed by atoms with van der Waals surface area (Å²) in [5, 5.41) is 0.704. The van der Waals surface area contributed by atoms with E-state index in [1.165, 1.54) is 0 Å². The first-order valence-electron chi connectivity index (χ1n) is 9.07. The molecule has 0 spiro atoms. The van der Waals surface area contributed by atoms with Crippen molar-refractivity contribution in [2.75, 3.05) is 12.0 Å². The maximum atomic E-state index is 13.1. The van der Waals surface area contributed by atoms with Crippen molar-refractivity contribution in [1.29, 1.82) is 0 Å². The predicted octanol–water partition coefficient (Wildman–Crippen LogP) is 5.59. The number of thioether (sulfide) groups is 1. The fourth-order valence-corrected chi connectivity index (χ4v) is 4.35. The van der Waals surface area contributed by atoms with Gasteiger partial charge in [0.25, 0.3) is 0 Å². The van der Waals surface area contributed by atoms with Crippen LogP contribution in [0.25, 0.3) is 0 Å². The van der Waals surface area contributed by atoms with Crippen molar-refractivity contribution in [3.05, 3.63) is 90.5 Å². The van der Waals surface area contributed by atoms with Gasteiger partial charge in [0.15, 0.2) is 5.17 Å². The van der Waals surface area contributed by atoms with Crippen LogP contribution in [0.4, 0.5) is 11.4 Å². The molecule has 0 aliphatic carbocycles. The van der Waals surface area contributed by atoms with E-state index in [-0.39, 0.29) is 11.2 Å². The fraction of sp³-hybridized carbons (Fsp3) is 0.130. The lowest BCUT2D eigenvalue weighted by atomic mass is 10.1. The first-order chi connectivity index (χ1) is 13.7. The van der Waals surface area contributed by atoms with E-state index in [0.717, 1.165) is 22.7 Å². The van der Waals surface area contributed by atoms with Gasteiger partial charge in [-0.1, -0.05) is 60.3 Å². The number of amides is 1. The molecule has 0 radical (unpaired) electrons. The summed E-state index contributed by atoms with van der Waals surface area (Å²) in [6.07, 6.45) is 0.416. The van der Waals surface area contributed by atoms with Gasteiger partial charge in [0, 0.05) is 11.7 Å². The molecule has 0 aromatic heterocycles. The molecule has 5 heteroatoms. The van der Waals surface area contributed by atoms with Gasteiger partial charge >= 0.3 is 0 Å². The van der Waals surface area contributed by atoms with Crippen molar-refractivity contribution in [3.8, 4) is 5.75 Å². The number of aliphatic imine (C=N–C) groups is 1. The van der Waals surface area contributed by atoms with Crippen LogP contribution in [0.2, 0.25) is 0 Å². The molecule has 1 aliphatic heterocycles. The monoisotopic (exact) mass is 388 g/mol. The smallest absolute Gasteiger partial charge is 0.234 e. The lowest BCUT2D eigenvalue weighted by Crippen LogP contribution is -2.40. The predicted molar refractivity (Wildman–Crippen MR) is 115 cm³/mol. The van der Waals surface area contributed by atoms with Gasteiger partial charge in [0.2, 0.25) is 5.91 Å². The van der Waals surface area contributed by atoms with Crippen molar-refractivity contribution < 1.29 is 9.53 Å². The lowest BCUT2D eigenvalue weighted by Gasteiger charge is -2.32. The van der Waals surface area contributed by atoms with Gasteiger partial charge in [-0.25, -0.2) is 4.99 Å². The van der Waals surface area contributed by atoms with Crippen molar-refractivity contribution in [2.45, 2.75) is 11.7 Å². The van der Waals surface area contributed by atoms with Crippen LogP contribution in [-0.2, 0) is 4.79 Å². The average molecular weight is 388 g/mol. The summed E-state index contributed by atoms with van der Waals surface area (Å²) in [4.78, 5) is 19.6. The van der Waals surface area contributed by atoms with Crippen LogP contribution in [0.3, 0.4) is 0 Å². The van der Waals surface area contributed by atoms with Gasteiger partial charge in [0.05, 0.1) is 18.5 Å². The zero-order valence-corrected chi connectivity index (χ0v) is 16.3. The average Bonchev–Trinajstić information content (AvgIpc) is 2.75. The maximum absolute atomic E-state index is 13.1. The van der Waals surface area contributed by atoms with E-state index < -0.39 is 0 Å². The van der Waals surface area contributed by atoms with Gasteiger partial charge in [-0.2, -0.15) is 0 Å². The molecular weight excluding hydrogens is 368 g/mol. The summed E-state index contributed by atoms with van der Waals surface area (Å²) in [7, 11) is 1.65. The van der Waals surface area contributed by atoms with E-state index >= 15 is 0 Å². The highest BCUT2D eigenvalue weighted by Gasteiger charge is 2.33. The Hall–Kier alpha value is -3.05. The summed E-state index contributed by atoms with van der Waals surface area (Å²) in [5.74, 6) is 0.848. The van der Waals surface area contributed by atoms with Crippen LogP contribution in [-0.4, -0.2) is 18.2 Å². The van der Waals surface area contributed by atoms with Gasteiger partial charge in [-0.3, -0.25) is 9.69 Å². The van der Waals surface area contributed by atoms with Gasteiger partial charge < -0.3 is 4.74 Å². The molecule has 1 atom stereocenters. The normalized spacial score (nSPS) is 18.3. The van der Waals surface area contributed by atoms with Crippen LogP contribution in [0.1, 0.15) is 17.2 Å².